The highest BCUT2D eigenvalue weighted by Gasteiger charge is 2.34. The van der Waals surface area contributed by atoms with Crippen LogP contribution in [0.25, 0.3) is 11.4 Å². The Morgan fingerprint density at radius 3 is 2.04 bits per heavy atom. The van der Waals surface area contributed by atoms with Gasteiger partial charge >= 0.3 is 0 Å². The lowest BCUT2D eigenvalue weighted by molar-refractivity contribution is -0.194. The van der Waals surface area contributed by atoms with Crippen molar-refractivity contribution in [2.75, 3.05) is 0 Å². The van der Waals surface area contributed by atoms with Crippen LogP contribution in [0.4, 0.5) is 0 Å². The highest BCUT2D eigenvalue weighted by molar-refractivity contribution is 6.67. The number of aromatic nitrogens is 3. The van der Waals surface area contributed by atoms with E-state index >= 15 is 0 Å². The summed E-state index contributed by atoms with van der Waals surface area (Å²) in [5.74, 6) is 0.382. The SMILES string of the molecule is ClC(Cl)(Cl)c1nc(-c2ccc3c(c2)OOC3)nc(C(Cl)(Cl)Cl)n1. The third kappa shape index (κ3) is 3.87. The summed E-state index contributed by atoms with van der Waals surface area (Å²) in [7, 11) is 0. The van der Waals surface area contributed by atoms with Gasteiger partial charge in [0.25, 0.3) is 0 Å². The lowest BCUT2D eigenvalue weighted by Crippen LogP contribution is -2.16. The molecule has 122 valence electrons. The molecule has 0 N–H and O–H groups in total. The highest BCUT2D eigenvalue weighted by atomic mass is 35.6. The molecule has 0 amide bonds. The quantitative estimate of drug-likeness (QED) is 0.465. The van der Waals surface area contributed by atoms with Crippen molar-refractivity contribution in [3.63, 3.8) is 0 Å². The average Bonchev–Trinajstić information content (AvgIpc) is 2.92. The highest BCUT2D eigenvalue weighted by Crippen LogP contribution is 2.41. The van der Waals surface area contributed by atoms with Crippen LogP contribution >= 0.6 is 69.6 Å². The van der Waals surface area contributed by atoms with Crippen molar-refractivity contribution in [1.82, 2.24) is 15.0 Å². The molecule has 0 saturated carbocycles. The molecule has 0 atom stereocenters. The summed E-state index contributed by atoms with van der Waals surface area (Å²) < 4.78 is -3.81. The van der Waals surface area contributed by atoms with E-state index in [4.69, 9.17) is 79.4 Å². The van der Waals surface area contributed by atoms with Crippen LogP contribution in [0.2, 0.25) is 0 Å². The zero-order valence-corrected chi connectivity index (χ0v) is 15.4. The number of hydrogen-bond acceptors (Lipinski definition) is 5. The van der Waals surface area contributed by atoms with E-state index in [9.17, 15) is 0 Å². The number of alkyl halides is 6. The van der Waals surface area contributed by atoms with Gasteiger partial charge in [-0.15, -0.1) is 0 Å². The molecule has 1 aliphatic rings. The molecule has 0 spiro atoms. The standard InChI is InChI=1S/C12H5Cl6N3O2/c13-11(14,15)9-19-8(20-10(21-9)12(16,17)18)5-1-2-6-4-22-23-7(6)3-5/h1-3H,4H2. The molecule has 0 bridgehead atoms. The third-order valence-electron chi connectivity index (χ3n) is 2.83. The van der Waals surface area contributed by atoms with E-state index in [0.29, 0.717) is 17.9 Å². The minimum Gasteiger partial charge on any atom is -0.337 e. The Morgan fingerprint density at radius 2 is 1.48 bits per heavy atom. The number of halogens is 6. The van der Waals surface area contributed by atoms with Gasteiger partial charge in [-0.2, -0.15) is 4.89 Å². The zero-order chi connectivity index (χ0) is 16.8. The first kappa shape index (κ1) is 17.5. The smallest absolute Gasteiger partial charge is 0.250 e. The van der Waals surface area contributed by atoms with Crippen molar-refractivity contribution < 1.29 is 9.78 Å². The average molecular weight is 436 g/mol. The summed E-state index contributed by atoms with van der Waals surface area (Å²) in [6.45, 7) is 0.353. The van der Waals surface area contributed by atoms with Gasteiger partial charge in [-0.1, -0.05) is 81.7 Å². The van der Waals surface area contributed by atoms with Crippen LogP contribution in [0.5, 0.6) is 5.75 Å². The van der Waals surface area contributed by atoms with Crippen molar-refractivity contribution in [2.24, 2.45) is 0 Å². The molecule has 1 aliphatic heterocycles. The van der Waals surface area contributed by atoms with Crippen molar-refractivity contribution in [1.29, 1.82) is 0 Å². The van der Waals surface area contributed by atoms with Gasteiger partial charge in [0.1, 0.15) is 6.61 Å². The van der Waals surface area contributed by atoms with E-state index < -0.39 is 7.59 Å². The second-order valence-electron chi connectivity index (χ2n) is 4.47. The molecule has 3 rings (SSSR count). The number of hydrogen-bond donors (Lipinski definition) is 0. The van der Waals surface area contributed by atoms with E-state index in [-0.39, 0.29) is 17.5 Å². The van der Waals surface area contributed by atoms with Gasteiger partial charge in [-0.25, -0.2) is 15.0 Å². The summed E-state index contributed by atoms with van der Waals surface area (Å²) in [6.07, 6.45) is 0. The molecule has 0 aliphatic carbocycles. The lowest BCUT2D eigenvalue weighted by atomic mass is 10.1. The molecule has 1 aromatic carbocycles. The Morgan fingerprint density at radius 1 is 0.870 bits per heavy atom. The molecule has 0 unspecified atom stereocenters. The van der Waals surface area contributed by atoms with Gasteiger partial charge in [-0.3, -0.25) is 0 Å². The van der Waals surface area contributed by atoms with Crippen LogP contribution in [0, 0.1) is 0 Å². The maximum Gasteiger partial charge on any atom is 0.250 e. The van der Waals surface area contributed by atoms with Crippen molar-refractivity contribution >= 4 is 69.6 Å². The summed E-state index contributed by atoms with van der Waals surface area (Å²) in [5.41, 5.74) is 1.44. The lowest BCUT2D eigenvalue weighted by Gasteiger charge is -2.15. The van der Waals surface area contributed by atoms with E-state index in [1.54, 1.807) is 18.2 Å². The van der Waals surface area contributed by atoms with Gasteiger partial charge in [0.15, 0.2) is 23.2 Å². The molecular formula is C12H5Cl6N3O2. The second-order valence-corrected chi connectivity index (χ2v) is 9.03. The first-order valence-corrected chi connectivity index (χ1v) is 8.24. The van der Waals surface area contributed by atoms with Crippen molar-refractivity contribution in [3.05, 3.63) is 35.4 Å². The van der Waals surface area contributed by atoms with Crippen LogP contribution in [0.15, 0.2) is 18.2 Å². The molecule has 23 heavy (non-hydrogen) atoms. The maximum atomic E-state index is 5.84. The van der Waals surface area contributed by atoms with Gasteiger partial charge in [0.05, 0.1) is 0 Å². The predicted molar refractivity (Wildman–Crippen MR) is 89.2 cm³/mol. The van der Waals surface area contributed by atoms with E-state index in [0.717, 1.165) is 5.56 Å². The zero-order valence-electron chi connectivity index (χ0n) is 10.9. The topological polar surface area (TPSA) is 57.1 Å². The fourth-order valence-corrected chi connectivity index (χ4v) is 2.31. The van der Waals surface area contributed by atoms with Gasteiger partial charge in [0, 0.05) is 11.1 Å². The third-order valence-corrected chi connectivity index (χ3v) is 3.85. The predicted octanol–water partition coefficient (Wildman–Crippen LogP) is 5.02. The molecule has 11 heteroatoms. The van der Waals surface area contributed by atoms with E-state index in [1.165, 1.54) is 0 Å². The Bertz CT molecular complexity index is 727. The van der Waals surface area contributed by atoms with Crippen molar-refractivity contribution in [2.45, 2.75) is 14.2 Å². The van der Waals surface area contributed by atoms with Gasteiger partial charge < -0.3 is 4.89 Å². The molecular weight excluding hydrogens is 431 g/mol. The molecule has 2 aromatic rings. The monoisotopic (exact) mass is 433 g/mol. The molecule has 2 heterocycles. The minimum absolute atomic E-state index is 0.161. The number of rotatable bonds is 1. The summed E-state index contributed by atoms with van der Waals surface area (Å²) in [6, 6.07) is 5.21. The number of nitrogens with zero attached hydrogens (tertiary/aromatic N) is 3. The maximum absolute atomic E-state index is 5.84. The number of fused-ring (bicyclic) bond motifs is 1. The Kier molecular flexibility index (Phi) is 4.75. The van der Waals surface area contributed by atoms with Crippen molar-refractivity contribution in [3.8, 4) is 17.1 Å². The molecule has 0 radical (unpaired) electrons. The minimum atomic E-state index is -1.90. The molecule has 1 aromatic heterocycles. The fourth-order valence-electron chi connectivity index (χ4n) is 1.81. The Balaban J connectivity index is 2.15. The molecule has 0 saturated heterocycles. The first-order chi connectivity index (χ1) is 10.6. The van der Waals surface area contributed by atoms with E-state index in [2.05, 4.69) is 15.0 Å². The van der Waals surface area contributed by atoms with Gasteiger partial charge in [0.2, 0.25) is 7.59 Å². The van der Waals surface area contributed by atoms with Crippen LogP contribution in [0.1, 0.15) is 17.2 Å². The normalized spacial score (nSPS) is 14.5. The largest absolute Gasteiger partial charge is 0.337 e. The summed E-state index contributed by atoms with van der Waals surface area (Å²) in [4.78, 5) is 22.1. The van der Waals surface area contributed by atoms with Crippen LogP contribution in [-0.2, 0) is 19.1 Å². The van der Waals surface area contributed by atoms with E-state index in [1.807, 2.05) is 0 Å². The number of benzene rings is 1. The molecule has 5 nitrogen and oxygen atoms in total. The summed E-state index contributed by atoms with van der Waals surface area (Å²) >= 11 is 35.0. The second kappa shape index (κ2) is 6.23. The Labute approximate surface area is 160 Å². The van der Waals surface area contributed by atoms with Crippen LogP contribution in [0.3, 0.4) is 0 Å². The van der Waals surface area contributed by atoms with Crippen LogP contribution in [-0.4, -0.2) is 15.0 Å². The first-order valence-electron chi connectivity index (χ1n) is 5.98. The Hall–Kier alpha value is -0.270. The molecule has 0 fully saturated rings. The van der Waals surface area contributed by atoms with Crippen LogP contribution < -0.4 is 4.89 Å². The summed E-state index contributed by atoms with van der Waals surface area (Å²) in [5, 5.41) is 0. The van der Waals surface area contributed by atoms with Gasteiger partial charge in [-0.05, 0) is 6.07 Å². The fraction of sp³-hybridized carbons (Fsp3) is 0.250.